The van der Waals surface area contributed by atoms with Gasteiger partial charge in [-0.3, -0.25) is 14.5 Å². The molecule has 4 heteroatoms. The molecule has 4 atom stereocenters. The minimum atomic E-state index is -0.341. The molecule has 2 bridgehead atoms. The Bertz CT molecular complexity index is 918. The van der Waals surface area contributed by atoms with Gasteiger partial charge in [-0.25, -0.2) is 0 Å². The largest absolute Gasteiger partial charge is 0.395 e. The fourth-order valence-corrected chi connectivity index (χ4v) is 5.19. The van der Waals surface area contributed by atoms with Gasteiger partial charge in [0.05, 0.1) is 25.0 Å². The summed E-state index contributed by atoms with van der Waals surface area (Å²) in [6.07, 6.45) is 4.20. The van der Waals surface area contributed by atoms with E-state index in [2.05, 4.69) is 36.4 Å². The van der Waals surface area contributed by atoms with Gasteiger partial charge < -0.3 is 5.11 Å². The molecule has 0 aromatic heterocycles. The fourth-order valence-electron chi connectivity index (χ4n) is 5.19. The van der Waals surface area contributed by atoms with Gasteiger partial charge in [-0.2, -0.15) is 0 Å². The van der Waals surface area contributed by atoms with Gasteiger partial charge in [0.2, 0.25) is 11.8 Å². The van der Waals surface area contributed by atoms with Gasteiger partial charge >= 0.3 is 0 Å². The molecule has 3 aliphatic rings. The van der Waals surface area contributed by atoms with Crippen LogP contribution >= 0.6 is 0 Å². The number of likely N-dealkylation sites (tertiary alicyclic amines) is 1. The number of aliphatic hydroxyl groups is 1. The number of carbonyl (C=O) groups excluding carboxylic acids is 2. The Morgan fingerprint density at radius 1 is 0.786 bits per heavy atom. The van der Waals surface area contributed by atoms with Crippen LogP contribution in [0.1, 0.15) is 11.1 Å². The number of amides is 2. The fraction of sp³-hybridized carbons (Fsp3) is 0.250. The van der Waals surface area contributed by atoms with Crippen LogP contribution in [0.2, 0.25) is 0 Å². The molecule has 1 saturated heterocycles. The lowest BCUT2D eigenvalue weighted by atomic mass is 9.85. The van der Waals surface area contributed by atoms with E-state index in [0.717, 1.165) is 16.7 Å². The minimum absolute atomic E-state index is 0.0643. The highest BCUT2D eigenvalue weighted by atomic mass is 16.3. The van der Waals surface area contributed by atoms with E-state index in [1.807, 2.05) is 36.4 Å². The van der Waals surface area contributed by atoms with Crippen molar-refractivity contribution in [1.82, 2.24) is 4.90 Å². The van der Waals surface area contributed by atoms with E-state index in [4.69, 9.17) is 0 Å². The molecule has 2 fully saturated rings. The van der Waals surface area contributed by atoms with Crippen molar-refractivity contribution in [1.29, 1.82) is 0 Å². The molecule has 140 valence electrons. The van der Waals surface area contributed by atoms with E-state index in [1.54, 1.807) is 0 Å². The monoisotopic (exact) mass is 371 g/mol. The third-order valence-corrected chi connectivity index (χ3v) is 6.24. The second-order valence-corrected chi connectivity index (χ2v) is 7.60. The van der Waals surface area contributed by atoms with Gasteiger partial charge in [0.1, 0.15) is 0 Å². The smallest absolute Gasteiger partial charge is 0.234 e. The quantitative estimate of drug-likeness (QED) is 0.664. The Morgan fingerprint density at radius 3 is 1.68 bits per heavy atom. The maximum absolute atomic E-state index is 13.0. The number of benzene rings is 2. The Hall–Kier alpha value is -2.98. The Labute approximate surface area is 163 Å². The number of β-amino-alcohol motifs (C(OH)–C–C–N with tert-alkyl or cyclic N) is 1. The molecule has 0 unspecified atom stereocenters. The average Bonchev–Trinajstić information content (AvgIpc) is 3.36. The van der Waals surface area contributed by atoms with Crippen molar-refractivity contribution >= 4 is 17.4 Å². The number of carbonyl (C=O) groups is 2. The summed E-state index contributed by atoms with van der Waals surface area (Å²) in [5.41, 5.74) is 4.52. The van der Waals surface area contributed by atoms with Gasteiger partial charge in [-0.15, -0.1) is 0 Å². The lowest BCUT2D eigenvalue weighted by Gasteiger charge is -2.21. The first kappa shape index (κ1) is 17.1. The topological polar surface area (TPSA) is 57.6 Å². The summed E-state index contributed by atoms with van der Waals surface area (Å²) in [4.78, 5) is 27.2. The van der Waals surface area contributed by atoms with Crippen LogP contribution in [0.15, 0.2) is 78.4 Å². The molecule has 2 amide bonds. The van der Waals surface area contributed by atoms with Crippen LogP contribution in [0, 0.1) is 23.7 Å². The number of nitrogens with zero attached hydrogens (tertiary/aromatic N) is 1. The van der Waals surface area contributed by atoms with E-state index in [-0.39, 0.29) is 48.6 Å². The summed E-state index contributed by atoms with van der Waals surface area (Å²) < 4.78 is 0. The first-order valence-electron chi connectivity index (χ1n) is 9.71. The van der Waals surface area contributed by atoms with Crippen molar-refractivity contribution in [2.45, 2.75) is 0 Å². The predicted octanol–water partition coefficient (Wildman–Crippen LogP) is 2.90. The number of hydrogen-bond acceptors (Lipinski definition) is 3. The Balaban J connectivity index is 1.67. The highest BCUT2D eigenvalue weighted by Gasteiger charge is 2.61. The first-order chi connectivity index (χ1) is 13.7. The number of imide groups is 1. The van der Waals surface area contributed by atoms with Gasteiger partial charge in [0.15, 0.2) is 0 Å². The molecule has 4 nitrogen and oxygen atoms in total. The van der Waals surface area contributed by atoms with Crippen LogP contribution in [0.5, 0.6) is 0 Å². The maximum atomic E-state index is 13.0. The lowest BCUT2D eigenvalue weighted by molar-refractivity contribution is -0.141. The normalized spacial score (nSPS) is 27.6. The number of fused-ring (bicyclic) bond motifs is 5. The molecule has 1 saturated carbocycles. The molecule has 2 aliphatic carbocycles. The number of hydrogen-bond donors (Lipinski definition) is 1. The van der Waals surface area contributed by atoms with Gasteiger partial charge in [0, 0.05) is 11.8 Å². The minimum Gasteiger partial charge on any atom is -0.395 e. The van der Waals surface area contributed by atoms with Crippen LogP contribution in [0.25, 0.3) is 5.57 Å². The summed E-state index contributed by atoms with van der Waals surface area (Å²) in [6.45, 7) is -0.102. The molecular formula is C24H21NO3. The second-order valence-electron chi connectivity index (χ2n) is 7.60. The van der Waals surface area contributed by atoms with Crippen LogP contribution in [-0.2, 0) is 9.59 Å². The van der Waals surface area contributed by atoms with Gasteiger partial charge in [-0.1, -0.05) is 72.8 Å². The molecule has 2 aromatic rings. The van der Waals surface area contributed by atoms with Crippen LogP contribution < -0.4 is 0 Å². The van der Waals surface area contributed by atoms with E-state index >= 15 is 0 Å². The Morgan fingerprint density at radius 2 is 1.25 bits per heavy atom. The molecule has 1 aliphatic heterocycles. The molecular weight excluding hydrogens is 350 g/mol. The molecule has 5 rings (SSSR count). The van der Waals surface area contributed by atoms with Crippen LogP contribution in [0.3, 0.4) is 0 Å². The number of aliphatic hydroxyl groups excluding tert-OH is 1. The van der Waals surface area contributed by atoms with Crippen molar-refractivity contribution in [3.8, 4) is 0 Å². The summed E-state index contributed by atoms with van der Waals surface area (Å²) in [5.74, 6) is -1.09. The van der Waals surface area contributed by atoms with Crippen molar-refractivity contribution in [3.05, 3.63) is 89.5 Å². The zero-order chi connectivity index (χ0) is 19.3. The summed E-state index contributed by atoms with van der Waals surface area (Å²) in [7, 11) is 0. The second kappa shape index (κ2) is 6.57. The third-order valence-electron chi connectivity index (χ3n) is 6.24. The lowest BCUT2D eigenvalue weighted by Crippen LogP contribution is -2.35. The molecule has 2 aromatic carbocycles. The van der Waals surface area contributed by atoms with Crippen LogP contribution in [0.4, 0.5) is 0 Å². The van der Waals surface area contributed by atoms with Crippen molar-refractivity contribution < 1.29 is 14.7 Å². The van der Waals surface area contributed by atoms with Crippen molar-refractivity contribution in [3.63, 3.8) is 0 Å². The summed E-state index contributed by atoms with van der Waals surface area (Å²) in [5, 5.41) is 9.24. The molecule has 28 heavy (non-hydrogen) atoms. The van der Waals surface area contributed by atoms with Gasteiger partial charge in [-0.05, 0) is 22.3 Å². The standard InChI is InChI=1S/C24H21NO3/c26-14-13-25-23(27)21-17-11-12-18(22(21)24(25)28)20(17)19(15-7-3-1-4-8-15)16-9-5-2-6-10-16/h1-12,17-18,21-22,26H,13-14H2/t17-,18-,21-,22-/m0/s1. The zero-order valence-corrected chi connectivity index (χ0v) is 15.4. The highest BCUT2D eigenvalue weighted by molar-refractivity contribution is 6.08. The molecule has 1 heterocycles. The third kappa shape index (κ3) is 2.34. The van der Waals surface area contributed by atoms with Crippen molar-refractivity contribution in [2.75, 3.05) is 13.2 Å². The first-order valence-corrected chi connectivity index (χ1v) is 9.71. The molecule has 1 N–H and O–H groups in total. The Kier molecular flexibility index (Phi) is 4.02. The van der Waals surface area contributed by atoms with E-state index in [1.165, 1.54) is 10.5 Å². The van der Waals surface area contributed by atoms with E-state index in [9.17, 15) is 14.7 Å². The summed E-state index contributed by atoms with van der Waals surface area (Å²) >= 11 is 0. The van der Waals surface area contributed by atoms with E-state index in [0.29, 0.717) is 0 Å². The van der Waals surface area contributed by atoms with Crippen LogP contribution in [-0.4, -0.2) is 35.0 Å². The van der Waals surface area contributed by atoms with E-state index < -0.39 is 0 Å². The maximum Gasteiger partial charge on any atom is 0.234 e. The highest BCUT2D eigenvalue weighted by Crippen LogP contribution is 2.58. The molecule has 0 radical (unpaired) electrons. The zero-order valence-electron chi connectivity index (χ0n) is 15.4. The van der Waals surface area contributed by atoms with Gasteiger partial charge in [0.25, 0.3) is 0 Å². The van der Waals surface area contributed by atoms with Crippen molar-refractivity contribution in [2.24, 2.45) is 23.7 Å². The average molecular weight is 371 g/mol. The molecule has 0 spiro atoms. The number of rotatable bonds is 4. The SMILES string of the molecule is O=C1[C@@H]2[C@@H](C(=O)N1CCO)[C@H]1C=C[C@H]2C1=C(c1ccccc1)c1ccccc1. The predicted molar refractivity (Wildman–Crippen MR) is 106 cm³/mol. The summed E-state index contributed by atoms with van der Waals surface area (Å²) in [6, 6.07) is 20.4. The number of allylic oxidation sites excluding steroid dienone is 3.